The van der Waals surface area contributed by atoms with Crippen LogP contribution in [0.25, 0.3) is 0 Å². The van der Waals surface area contributed by atoms with Gasteiger partial charge in [0.15, 0.2) is 5.96 Å². The maximum atomic E-state index is 12.0. The van der Waals surface area contributed by atoms with Crippen LogP contribution in [0.1, 0.15) is 26.3 Å². The molecule has 2 heterocycles. The Labute approximate surface area is 158 Å². The van der Waals surface area contributed by atoms with Gasteiger partial charge in [0.1, 0.15) is 5.60 Å². The Bertz CT molecular complexity index is 520. The number of rotatable bonds is 2. The Morgan fingerprint density at radius 2 is 1.91 bits per heavy atom. The van der Waals surface area contributed by atoms with E-state index in [1.165, 1.54) is 5.56 Å². The molecule has 0 aromatic carbocycles. The summed E-state index contributed by atoms with van der Waals surface area (Å²) in [5, 5.41) is 4.10. The first-order valence-electron chi connectivity index (χ1n) is 7.39. The first-order chi connectivity index (χ1) is 10.3. The van der Waals surface area contributed by atoms with Crippen molar-refractivity contribution in [2.75, 3.05) is 26.2 Å². The van der Waals surface area contributed by atoms with Gasteiger partial charge in [0.25, 0.3) is 0 Å². The monoisotopic (exact) mass is 452 g/mol. The van der Waals surface area contributed by atoms with Gasteiger partial charge in [0.05, 0.1) is 6.54 Å². The summed E-state index contributed by atoms with van der Waals surface area (Å²) in [5.41, 5.74) is 6.74. The highest BCUT2D eigenvalue weighted by Gasteiger charge is 2.26. The smallest absolute Gasteiger partial charge is 0.410 e. The summed E-state index contributed by atoms with van der Waals surface area (Å²) in [7, 11) is 0. The molecule has 0 saturated carbocycles. The molecule has 8 heteroatoms. The molecule has 0 aliphatic carbocycles. The van der Waals surface area contributed by atoms with Crippen LogP contribution < -0.4 is 5.73 Å². The van der Waals surface area contributed by atoms with Crippen LogP contribution in [-0.2, 0) is 11.3 Å². The van der Waals surface area contributed by atoms with E-state index in [1.807, 2.05) is 37.1 Å². The van der Waals surface area contributed by atoms with Crippen LogP contribution in [0.2, 0.25) is 0 Å². The third-order valence-corrected chi connectivity index (χ3v) is 3.99. The number of hydrogen-bond acceptors (Lipinski definition) is 4. The van der Waals surface area contributed by atoms with E-state index in [0.717, 1.165) is 0 Å². The zero-order valence-electron chi connectivity index (χ0n) is 13.8. The van der Waals surface area contributed by atoms with Gasteiger partial charge in [-0.2, -0.15) is 11.3 Å². The Morgan fingerprint density at radius 3 is 2.43 bits per heavy atom. The third kappa shape index (κ3) is 6.54. The minimum absolute atomic E-state index is 0. The van der Waals surface area contributed by atoms with Crippen LogP contribution in [-0.4, -0.2) is 53.6 Å². The molecule has 1 aliphatic rings. The fraction of sp³-hybridized carbons (Fsp3) is 0.600. The summed E-state index contributed by atoms with van der Waals surface area (Å²) >= 11 is 1.65. The molecule has 1 aromatic heterocycles. The van der Waals surface area contributed by atoms with Crippen LogP contribution >= 0.6 is 35.3 Å². The number of guanidine groups is 1. The highest BCUT2D eigenvalue weighted by Crippen LogP contribution is 2.12. The van der Waals surface area contributed by atoms with Crippen molar-refractivity contribution in [1.29, 1.82) is 0 Å². The Balaban J connectivity index is 0.00000264. The zero-order chi connectivity index (χ0) is 16.2. The average molecular weight is 452 g/mol. The number of amides is 1. The number of aliphatic imine (C=N–C) groups is 1. The number of nitrogens with zero attached hydrogens (tertiary/aromatic N) is 3. The summed E-state index contributed by atoms with van der Waals surface area (Å²) < 4.78 is 5.38. The predicted molar refractivity (Wildman–Crippen MR) is 104 cm³/mol. The molecule has 1 aliphatic heterocycles. The molecule has 1 amide bonds. The van der Waals surface area contributed by atoms with E-state index in [1.54, 1.807) is 16.2 Å². The van der Waals surface area contributed by atoms with Gasteiger partial charge in [-0.25, -0.2) is 9.79 Å². The van der Waals surface area contributed by atoms with E-state index in [-0.39, 0.29) is 30.1 Å². The lowest BCUT2D eigenvalue weighted by molar-refractivity contribution is 0.0186. The average Bonchev–Trinajstić information content (AvgIpc) is 2.96. The lowest BCUT2D eigenvalue weighted by Crippen LogP contribution is -2.53. The summed E-state index contributed by atoms with van der Waals surface area (Å²) in [4.78, 5) is 20.1. The minimum Gasteiger partial charge on any atom is -0.444 e. The van der Waals surface area contributed by atoms with Crippen LogP contribution in [0.5, 0.6) is 0 Å². The molecule has 0 spiro atoms. The molecule has 1 saturated heterocycles. The van der Waals surface area contributed by atoms with Crippen molar-refractivity contribution in [1.82, 2.24) is 9.80 Å². The van der Waals surface area contributed by atoms with Crippen molar-refractivity contribution in [3.05, 3.63) is 22.4 Å². The molecule has 23 heavy (non-hydrogen) atoms. The Morgan fingerprint density at radius 1 is 1.30 bits per heavy atom. The number of nitrogens with two attached hydrogens (primary N) is 1. The van der Waals surface area contributed by atoms with Gasteiger partial charge in [-0.15, -0.1) is 24.0 Å². The van der Waals surface area contributed by atoms with Gasteiger partial charge >= 0.3 is 6.09 Å². The van der Waals surface area contributed by atoms with Crippen molar-refractivity contribution < 1.29 is 9.53 Å². The first kappa shape index (κ1) is 20.0. The predicted octanol–water partition coefficient (Wildman–Crippen LogP) is 2.73. The molecular formula is C15H25IN4O2S. The van der Waals surface area contributed by atoms with E-state index < -0.39 is 5.60 Å². The second-order valence-electron chi connectivity index (χ2n) is 6.26. The molecule has 1 aromatic rings. The Hall–Kier alpha value is -1.03. The molecule has 1 fully saturated rings. The number of halogens is 1. The second-order valence-corrected chi connectivity index (χ2v) is 7.04. The topological polar surface area (TPSA) is 71.2 Å². The van der Waals surface area contributed by atoms with Crippen molar-refractivity contribution in [2.24, 2.45) is 10.7 Å². The van der Waals surface area contributed by atoms with Crippen molar-refractivity contribution in [3.8, 4) is 0 Å². The molecule has 0 bridgehead atoms. The maximum absolute atomic E-state index is 12.0. The van der Waals surface area contributed by atoms with Gasteiger partial charge in [0, 0.05) is 26.2 Å². The molecule has 6 nitrogen and oxygen atoms in total. The van der Waals surface area contributed by atoms with E-state index in [4.69, 9.17) is 10.5 Å². The summed E-state index contributed by atoms with van der Waals surface area (Å²) in [6, 6.07) is 2.04. The van der Waals surface area contributed by atoms with Gasteiger partial charge in [0.2, 0.25) is 0 Å². The number of carbonyl (C=O) groups excluding carboxylic acids is 1. The Kier molecular flexibility index (Phi) is 7.59. The van der Waals surface area contributed by atoms with Crippen LogP contribution in [0.15, 0.2) is 21.8 Å². The SMILES string of the molecule is CC(C)(C)OC(=O)N1CCN(C(N)=NCc2ccsc2)CC1.I. The zero-order valence-corrected chi connectivity index (χ0v) is 17.0. The highest BCUT2D eigenvalue weighted by atomic mass is 127. The van der Waals surface area contributed by atoms with Crippen LogP contribution in [0.4, 0.5) is 4.79 Å². The molecule has 2 rings (SSSR count). The molecule has 0 radical (unpaired) electrons. The van der Waals surface area contributed by atoms with E-state index in [0.29, 0.717) is 38.7 Å². The molecular weight excluding hydrogens is 427 g/mol. The lowest BCUT2D eigenvalue weighted by Gasteiger charge is -2.36. The van der Waals surface area contributed by atoms with E-state index in [2.05, 4.69) is 10.4 Å². The standard InChI is InChI=1S/C15H24N4O2S.HI/c1-15(2,3)21-14(20)19-7-5-18(6-8-19)13(16)17-10-12-4-9-22-11-12;/h4,9,11H,5-8,10H2,1-3H3,(H2,16,17);1H. The molecule has 2 N–H and O–H groups in total. The normalized spacial score (nSPS) is 16.0. The summed E-state index contributed by atoms with van der Waals surface area (Å²) in [6.07, 6.45) is -0.263. The molecule has 0 unspecified atom stereocenters. The van der Waals surface area contributed by atoms with Crippen molar-refractivity contribution >= 4 is 47.4 Å². The fourth-order valence-corrected chi connectivity index (χ4v) is 2.76. The third-order valence-electron chi connectivity index (χ3n) is 3.26. The number of piperazine rings is 1. The first-order valence-corrected chi connectivity index (χ1v) is 8.33. The minimum atomic E-state index is -0.463. The summed E-state index contributed by atoms with van der Waals surface area (Å²) in [5.74, 6) is 0.537. The maximum Gasteiger partial charge on any atom is 0.410 e. The van der Waals surface area contributed by atoms with Gasteiger partial charge in [-0.05, 0) is 43.2 Å². The van der Waals surface area contributed by atoms with Crippen LogP contribution in [0.3, 0.4) is 0 Å². The number of thiophene rings is 1. The van der Waals surface area contributed by atoms with E-state index in [9.17, 15) is 4.79 Å². The largest absolute Gasteiger partial charge is 0.444 e. The van der Waals surface area contributed by atoms with Gasteiger partial charge < -0.3 is 20.3 Å². The number of ether oxygens (including phenoxy) is 1. The lowest BCUT2D eigenvalue weighted by atomic mass is 10.2. The summed E-state index contributed by atoms with van der Waals surface area (Å²) in [6.45, 7) is 8.77. The van der Waals surface area contributed by atoms with E-state index >= 15 is 0 Å². The molecule has 0 atom stereocenters. The van der Waals surface area contributed by atoms with Gasteiger partial charge in [-0.3, -0.25) is 0 Å². The van der Waals surface area contributed by atoms with Crippen molar-refractivity contribution in [2.45, 2.75) is 32.9 Å². The number of hydrogen-bond donors (Lipinski definition) is 1. The quantitative estimate of drug-likeness (QED) is 0.426. The van der Waals surface area contributed by atoms with Crippen molar-refractivity contribution in [3.63, 3.8) is 0 Å². The van der Waals surface area contributed by atoms with Gasteiger partial charge in [-0.1, -0.05) is 0 Å². The fourth-order valence-electron chi connectivity index (χ4n) is 2.10. The van der Waals surface area contributed by atoms with Crippen LogP contribution in [0, 0.1) is 0 Å². The number of carbonyl (C=O) groups is 1. The second kappa shape index (κ2) is 8.72. The molecule has 130 valence electrons. The highest BCUT2D eigenvalue weighted by molar-refractivity contribution is 14.0.